The minimum absolute atomic E-state index is 0.126. The summed E-state index contributed by atoms with van der Waals surface area (Å²) in [6.45, 7) is 1.64. The third-order valence-electron chi connectivity index (χ3n) is 4.14. The molecule has 0 atom stereocenters. The lowest BCUT2D eigenvalue weighted by atomic mass is 10.3. The van der Waals surface area contributed by atoms with Gasteiger partial charge in [0.1, 0.15) is 24.2 Å². The Kier molecular flexibility index (Phi) is 4.22. The number of rotatable bonds is 3. The Morgan fingerprint density at radius 3 is 2.88 bits per heavy atom. The molecule has 0 aromatic carbocycles. The van der Waals surface area contributed by atoms with E-state index in [0.717, 1.165) is 0 Å². The lowest BCUT2D eigenvalue weighted by molar-refractivity contribution is 0.0737. The first kappa shape index (κ1) is 16.1. The molecule has 0 unspecified atom stereocenters. The molecule has 10 nitrogen and oxygen atoms in total. The maximum absolute atomic E-state index is 12.7. The first-order valence-corrected chi connectivity index (χ1v) is 8.18. The van der Waals surface area contributed by atoms with Gasteiger partial charge in [-0.2, -0.15) is 5.10 Å². The van der Waals surface area contributed by atoms with Crippen molar-refractivity contribution in [1.82, 2.24) is 39.2 Å². The average Bonchev–Trinajstić information content (AvgIpc) is 3.06. The van der Waals surface area contributed by atoms with E-state index in [-0.39, 0.29) is 23.7 Å². The van der Waals surface area contributed by atoms with E-state index in [1.54, 1.807) is 20.5 Å². The highest BCUT2D eigenvalue weighted by Gasteiger charge is 2.23. The molecule has 1 amide bonds. The van der Waals surface area contributed by atoms with Crippen LogP contribution in [0.4, 0.5) is 0 Å². The maximum atomic E-state index is 12.7. The molecule has 1 aliphatic heterocycles. The van der Waals surface area contributed by atoms with Crippen molar-refractivity contribution in [3.05, 3.63) is 64.9 Å². The number of hydrogen-bond acceptors (Lipinski definition) is 7. The normalized spacial score (nSPS) is 13.9. The van der Waals surface area contributed by atoms with Crippen molar-refractivity contribution < 1.29 is 4.79 Å². The van der Waals surface area contributed by atoms with Gasteiger partial charge in [0.05, 0.1) is 25.0 Å². The molecule has 0 fully saturated rings. The highest BCUT2D eigenvalue weighted by molar-refractivity contribution is 5.91. The number of nitrogens with zero attached hydrogens (tertiary/aromatic N) is 8. The van der Waals surface area contributed by atoms with Crippen molar-refractivity contribution in [3.63, 3.8) is 0 Å². The largest absolute Gasteiger partial charge is 0.330 e. The number of hydrogen-bond donors (Lipinski definition) is 0. The predicted molar refractivity (Wildman–Crippen MR) is 89.0 cm³/mol. The highest BCUT2D eigenvalue weighted by Crippen LogP contribution is 2.12. The minimum atomic E-state index is -0.220. The summed E-state index contributed by atoms with van der Waals surface area (Å²) in [6.07, 6.45) is 8.11. The van der Waals surface area contributed by atoms with E-state index in [9.17, 15) is 9.59 Å². The molecule has 0 saturated carbocycles. The molecule has 0 N–H and O–H groups in total. The second-order valence-electron chi connectivity index (χ2n) is 5.92. The van der Waals surface area contributed by atoms with Crippen LogP contribution >= 0.6 is 0 Å². The van der Waals surface area contributed by atoms with Gasteiger partial charge in [0.15, 0.2) is 0 Å². The van der Waals surface area contributed by atoms with Crippen molar-refractivity contribution >= 4 is 5.91 Å². The average molecular weight is 352 g/mol. The van der Waals surface area contributed by atoms with Crippen LogP contribution in [-0.2, 0) is 19.6 Å². The van der Waals surface area contributed by atoms with Crippen molar-refractivity contribution in [2.75, 3.05) is 6.54 Å². The summed E-state index contributed by atoms with van der Waals surface area (Å²) in [7, 11) is 0. The summed E-state index contributed by atoms with van der Waals surface area (Å²) < 4.78 is 3.22. The lowest BCUT2D eigenvalue weighted by Gasteiger charge is -2.19. The van der Waals surface area contributed by atoms with Gasteiger partial charge in [-0.25, -0.2) is 19.6 Å². The summed E-state index contributed by atoms with van der Waals surface area (Å²) >= 11 is 0. The Balaban J connectivity index is 1.63. The van der Waals surface area contributed by atoms with Crippen LogP contribution in [-0.4, -0.2) is 51.6 Å². The molecule has 0 radical (unpaired) electrons. The maximum Gasteiger partial charge on any atom is 0.274 e. The highest BCUT2D eigenvalue weighted by atomic mass is 16.2. The van der Waals surface area contributed by atoms with Crippen molar-refractivity contribution in [3.8, 4) is 0 Å². The standard InChI is InChI=1S/C16H16N8O2/c25-15-6-12(8-23-11-18-10-20-23)21-14-9-22(4-1-5-24(14)15)16(26)13-7-17-2-3-19-13/h2-3,6-7,10-11H,1,4-5,8-9H2. The molecular formula is C16H16N8O2. The Bertz CT molecular complexity index is 968. The number of aromatic nitrogens is 7. The fourth-order valence-corrected chi connectivity index (χ4v) is 2.94. The molecule has 26 heavy (non-hydrogen) atoms. The number of carbonyl (C=O) groups is 1. The number of amides is 1. The van der Waals surface area contributed by atoms with Gasteiger partial charge in [0, 0.05) is 31.5 Å². The molecule has 3 aromatic rings. The fraction of sp³-hybridized carbons (Fsp3) is 0.312. The number of fused-ring (bicyclic) bond motifs is 1. The second-order valence-corrected chi connectivity index (χ2v) is 5.92. The van der Waals surface area contributed by atoms with E-state index in [0.29, 0.717) is 37.6 Å². The van der Waals surface area contributed by atoms with Gasteiger partial charge in [0.2, 0.25) is 0 Å². The van der Waals surface area contributed by atoms with Gasteiger partial charge in [-0.05, 0) is 6.42 Å². The molecule has 0 spiro atoms. The van der Waals surface area contributed by atoms with Crippen LogP contribution in [0.3, 0.4) is 0 Å². The third kappa shape index (κ3) is 3.21. The molecular weight excluding hydrogens is 336 g/mol. The van der Waals surface area contributed by atoms with Crippen LogP contribution in [0.5, 0.6) is 0 Å². The minimum Gasteiger partial charge on any atom is -0.330 e. The molecule has 0 saturated heterocycles. The SMILES string of the molecule is O=C(c1cnccn1)N1CCCn2c(nc(Cn3cncn3)cc2=O)C1. The predicted octanol–water partition coefficient (Wildman–Crippen LogP) is -0.281. The summed E-state index contributed by atoms with van der Waals surface area (Å²) in [6, 6.07) is 1.51. The van der Waals surface area contributed by atoms with E-state index in [4.69, 9.17) is 0 Å². The molecule has 132 valence electrons. The molecule has 0 bridgehead atoms. The van der Waals surface area contributed by atoms with Crippen LogP contribution in [0.25, 0.3) is 0 Å². The first-order valence-electron chi connectivity index (χ1n) is 8.18. The van der Waals surface area contributed by atoms with Crippen LogP contribution in [0.15, 0.2) is 42.1 Å². The summed E-state index contributed by atoms with van der Waals surface area (Å²) in [5.41, 5.74) is 0.738. The fourth-order valence-electron chi connectivity index (χ4n) is 2.94. The van der Waals surface area contributed by atoms with Gasteiger partial charge in [0.25, 0.3) is 11.5 Å². The summed E-state index contributed by atoms with van der Waals surface area (Å²) in [5.74, 6) is 0.338. The Morgan fingerprint density at radius 1 is 1.19 bits per heavy atom. The zero-order valence-corrected chi connectivity index (χ0v) is 13.9. The molecule has 0 aliphatic carbocycles. The van der Waals surface area contributed by atoms with E-state index >= 15 is 0 Å². The molecule has 4 heterocycles. The Hall–Kier alpha value is -3.43. The van der Waals surface area contributed by atoms with E-state index in [1.165, 1.54) is 31.0 Å². The van der Waals surface area contributed by atoms with Crippen LogP contribution in [0.1, 0.15) is 28.4 Å². The molecule has 1 aliphatic rings. The van der Waals surface area contributed by atoms with Gasteiger partial charge < -0.3 is 4.90 Å². The van der Waals surface area contributed by atoms with E-state index < -0.39 is 0 Å². The van der Waals surface area contributed by atoms with Crippen molar-refractivity contribution in [2.45, 2.75) is 26.1 Å². The lowest BCUT2D eigenvalue weighted by Crippen LogP contribution is -2.33. The molecule has 10 heteroatoms. The summed E-state index contributed by atoms with van der Waals surface area (Å²) in [5, 5.41) is 4.03. The Morgan fingerprint density at radius 2 is 2.12 bits per heavy atom. The molecule has 4 rings (SSSR count). The van der Waals surface area contributed by atoms with E-state index in [1.807, 2.05) is 0 Å². The zero-order chi connectivity index (χ0) is 17.9. The van der Waals surface area contributed by atoms with Gasteiger partial charge in [-0.3, -0.25) is 19.1 Å². The van der Waals surface area contributed by atoms with E-state index in [2.05, 4.69) is 25.0 Å². The van der Waals surface area contributed by atoms with Crippen LogP contribution < -0.4 is 5.56 Å². The van der Waals surface area contributed by atoms with Gasteiger partial charge in [-0.1, -0.05) is 0 Å². The van der Waals surface area contributed by atoms with Gasteiger partial charge in [-0.15, -0.1) is 0 Å². The van der Waals surface area contributed by atoms with Crippen molar-refractivity contribution in [1.29, 1.82) is 0 Å². The van der Waals surface area contributed by atoms with Crippen LogP contribution in [0.2, 0.25) is 0 Å². The third-order valence-corrected chi connectivity index (χ3v) is 4.14. The van der Waals surface area contributed by atoms with Crippen molar-refractivity contribution in [2.24, 2.45) is 0 Å². The van der Waals surface area contributed by atoms with Crippen LogP contribution in [0, 0.1) is 0 Å². The molecule has 3 aromatic heterocycles. The summed E-state index contributed by atoms with van der Waals surface area (Å²) in [4.78, 5) is 43.3. The zero-order valence-electron chi connectivity index (χ0n) is 13.9. The first-order chi connectivity index (χ1) is 12.7. The smallest absolute Gasteiger partial charge is 0.274 e. The monoisotopic (exact) mass is 352 g/mol. The topological polar surface area (TPSA) is 112 Å². The van der Waals surface area contributed by atoms with Gasteiger partial charge >= 0.3 is 0 Å². The number of carbonyl (C=O) groups excluding carboxylic acids is 1. The Labute approximate surface area is 148 Å². The second kappa shape index (κ2) is 6.82. The quantitative estimate of drug-likeness (QED) is 0.637.